The van der Waals surface area contributed by atoms with Crippen molar-refractivity contribution in [3.63, 3.8) is 0 Å². The van der Waals surface area contributed by atoms with Gasteiger partial charge in [-0.2, -0.15) is 0 Å². The maximum absolute atomic E-state index is 14.1. The van der Waals surface area contributed by atoms with Crippen LogP contribution in [0.25, 0.3) is 11.3 Å². The standard InChI is InChI=1S/C32H37N3O8/c1-14-5-6-15(2)35(14)13-16-9-10-43-28(16)18-7-8-21(36)23-19(18)11-17-12-20-25(34(3)4)27(38)24(31(33)41)30(40)32(20,42)29(39)22(17)26(23)37/h7-10,14-15,17,20,25,36,38-39,42H,5-6,11-13H2,1-4H3,(H2,33,41)/t14-,15-,17+,20+,25+,32+/m1/s1. The molecular formula is C32H37N3O8. The second-order valence-electron chi connectivity index (χ2n) is 12.7. The highest BCUT2D eigenvalue weighted by Gasteiger charge is 2.63. The molecule has 1 aliphatic heterocycles. The molecule has 6 N–H and O–H groups in total. The number of hydrogen-bond donors (Lipinski definition) is 5. The van der Waals surface area contributed by atoms with Crippen LogP contribution in [-0.2, 0) is 22.6 Å². The first kappa shape index (κ1) is 29.2. The normalized spacial score (nSPS) is 31.0. The number of benzene rings is 1. The molecule has 3 aliphatic carbocycles. The number of primary amides is 1. The van der Waals surface area contributed by atoms with Gasteiger partial charge < -0.3 is 30.6 Å². The van der Waals surface area contributed by atoms with Crippen molar-refractivity contribution in [3.05, 3.63) is 63.8 Å². The van der Waals surface area contributed by atoms with Gasteiger partial charge in [0.05, 0.1) is 17.9 Å². The van der Waals surface area contributed by atoms with E-state index in [0.29, 0.717) is 35.5 Å². The van der Waals surface area contributed by atoms with Crippen LogP contribution in [0, 0.1) is 11.8 Å². The zero-order chi connectivity index (χ0) is 31.1. The minimum Gasteiger partial charge on any atom is -0.510 e. The van der Waals surface area contributed by atoms with Gasteiger partial charge in [0.2, 0.25) is 5.78 Å². The number of allylic oxidation sites excluding steroid dienone is 1. The molecule has 0 radical (unpaired) electrons. The number of nitrogens with two attached hydrogens (primary N) is 1. The number of aliphatic hydroxyl groups excluding tert-OH is 2. The Morgan fingerprint density at radius 3 is 2.42 bits per heavy atom. The maximum atomic E-state index is 14.1. The summed E-state index contributed by atoms with van der Waals surface area (Å²) >= 11 is 0. The summed E-state index contributed by atoms with van der Waals surface area (Å²) in [4.78, 5) is 43.7. The van der Waals surface area contributed by atoms with Crippen molar-refractivity contribution in [2.45, 2.75) is 69.8 Å². The Labute approximate surface area is 248 Å². The maximum Gasteiger partial charge on any atom is 0.255 e. The summed E-state index contributed by atoms with van der Waals surface area (Å²) in [6.45, 7) is 5.05. The number of phenolic OH excluding ortho intramolecular Hbond substituents is 1. The molecule has 1 fully saturated rings. The van der Waals surface area contributed by atoms with Gasteiger partial charge in [-0.15, -0.1) is 0 Å². The van der Waals surface area contributed by atoms with E-state index in [0.717, 1.165) is 18.4 Å². The average Bonchev–Trinajstić information content (AvgIpc) is 3.52. The number of ketones is 2. The molecule has 11 nitrogen and oxygen atoms in total. The van der Waals surface area contributed by atoms with Crippen LogP contribution in [0.2, 0.25) is 0 Å². The second kappa shape index (κ2) is 10.1. The molecule has 1 saturated heterocycles. The Kier molecular flexibility index (Phi) is 6.83. The molecule has 0 bridgehead atoms. The third-order valence-corrected chi connectivity index (χ3v) is 10.1. The number of furan rings is 1. The fourth-order valence-electron chi connectivity index (χ4n) is 7.92. The molecule has 6 rings (SSSR count). The van der Waals surface area contributed by atoms with Crippen LogP contribution in [0.4, 0.5) is 0 Å². The number of carbonyl (C=O) groups excluding carboxylic acids is 3. The monoisotopic (exact) mass is 591 g/mol. The Bertz CT molecular complexity index is 1610. The lowest BCUT2D eigenvalue weighted by Gasteiger charge is -2.50. The molecule has 43 heavy (non-hydrogen) atoms. The number of aliphatic hydroxyl groups is 3. The summed E-state index contributed by atoms with van der Waals surface area (Å²) in [5.74, 6) is -6.18. The Morgan fingerprint density at radius 2 is 1.79 bits per heavy atom. The van der Waals surface area contributed by atoms with Crippen molar-refractivity contribution in [1.82, 2.24) is 9.80 Å². The van der Waals surface area contributed by atoms with Crippen LogP contribution in [0.1, 0.15) is 54.6 Å². The van der Waals surface area contributed by atoms with Gasteiger partial charge in [0.1, 0.15) is 28.6 Å². The molecular weight excluding hydrogens is 554 g/mol. The van der Waals surface area contributed by atoms with Crippen molar-refractivity contribution < 1.29 is 39.2 Å². The number of aromatic hydroxyl groups is 1. The molecule has 2 aromatic rings. The van der Waals surface area contributed by atoms with Crippen LogP contribution in [0.5, 0.6) is 5.75 Å². The largest absolute Gasteiger partial charge is 0.510 e. The lowest BCUT2D eigenvalue weighted by molar-refractivity contribution is -0.148. The highest BCUT2D eigenvalue weighted by molar-refractivity contribution is 6.24. The molecule has 1 aromatic heterocycles. The first-order valence-corrected chi connectivity index (χ1v) is 14.6. The van der Waals surface area contributed by atoms with Crippen molar-refractivity contribution in [1.29, 1.82) is 0 Å². The van der Waals surface area contributed by atoms with Gasteiger partial charge in [0.25, 0.3) is 5.91 Å². The van der Waals surface area contributed by atoms with E-state index in [-0.39, 0.29) is 29.7 Å². The number of nitrogens with zero attached hydrogens (tertiary/aromatic N) is 2. The van der Waals surface area contributed by atoms with Gasteiger partial charge in [-0.3, -0.25) is 24.2 Å². The van der Waals surface area contributed by atoms with Crippen molar-refractivity contribution in [3.8, 4) is 17.1 Å². The number of rotatable bonds is 5. The Morgan fingerprint density at radius 1 is 1.12 bits per heavy atom. The number of phenols is 1. The number of Topliss-reactive ketones (excluding diaryl/α,β-unsaturated/α-hetero) is 2. The summed E-state index contributed by atoms with van der Waals surface area (Å²) in [5.41, 5.74) is 3.80. The van der Waals surface area contributed by atoms with Crippen molar-refractivity contribution in [2.75, 3.05) is 14.1 Å². The minimum atomic E-state index is -2.67. The zero-order valence-corrected chi connectivity index (χ0v) is 24.6. The predicted octanol–water partition coefficient (Wildman–Crippen LogP) is 2.75. The van der Waals surface area contributed by atoms with Gasteiger partial charge in [-0.1, -0.05) is 0 Å². The Hall–Kier alpha value is -3.93. The molecule has 6 atom stereocenters. The van der Waals surface area contributed by atoms with Crippen LogP contribution in [0.3, 0.4) is 0 Å². The molecule has 228 valence electrons. The van der Waals surface area contributed by atoms with Gasteiger partial charge in [0.15, 0.2) is 11.4 Å². The lowest BCUT2D eigenvalue weighted by atomic mass is 9.58. The van der Waals surface area contributed by atoms with Crippen LogP contribution < -0.4 is 5.73 Å². The Balaban J connectivity index is 1.47. The first-order valence-electron chi connectivity index (χ1n) is 14.6. The van der Waals surface area contributed by atoms with Gasteiger partial charge in [0, 0.05) is 41.2 Å². The molecule has 4 aliphatic rings. The topological polar surface area (TPSA) is 178 Å². The van der Waals surface area contributed by atoms with Crippen molar-refractivity contribution >= 4 is 17.5 Å². The first-order chi connectivity index (χ1) is 20.3. The molecule has 1 amide bonds. The third-order valence-electron chi connectivity index (χ3n) is 10.1. The van der Waals surface area contributed by atoms with Gasteiger partial charge >= 0.3 is 0 Å². The van der Waals surface area contributed by atoms with Gasteiger partial charge in [-0.25, -0.2) is 0 Å². The summed E-state index contributed by atoms with van der Waals surface area (Å²) in [6.07, 6.45) is 4.03. The average molecular weight is 592 g/mol. The highest BCUT2D eigenvalue weighted by Crippen LogP contribution is 2.53. The van der Waals surface area contributed by atoms with Crippen LogP contribution >= 0.6 is 0 Å². The van der Waals surface area contributed by atoms with E-state index in [4.69, 9.17) is 10.2 Å². The lowest BCUT2D eigenvalue weighted by Crippen LogP contribution is -2.63. The molecule has 0 unspecified atom stereocenters. The quantitative estimate of drug-likeness (QED) is 0.325. The van der Waals surface area contributed by atoms with E-state index >= 15 is 0 Å². The fourth-order valence-corrected chi connectivity index (χ4v) is 7.92. The minimum absolute atomic E-state index is 0.0225. The van der Waals surface area contributed by atoms with Crippen LogP contribution in [-0.4, -0.2) is 85.5 Å². The SMILES string of the molecule is C[C@@H]1CC[C@@H](C)N1Cc1ccoc1-c1ccc(O)c2c1C[C@H]1C[C@H]3[C@H](N(C)C)C(O)=C(C(N)=O)C(=O)[C@@]3(O)C(O)=C1C2=O. The molecule has 2 heterocycles. The third kappa shape index (κ3) is 4.09. The van der Waals surface area contributed by atoms with Crippen molar-refractivity contribution in [2.24, 2.45) is 17.6 Å². The van der Waals surface area contributed by atoms with E-state index in [9.17, 15) is 34.8 Å². The summed E-state index contributed by atoms with van der Waals surface area (Å²) in [5, 5.41) is 45.2. The fraction of sp³-hybridized carbons (Fsp3) is 0.469. The van der Waals surface area contributed by atoms with Gasteiger partial charge in [-0.05, 0) is 83.3 Å². The highest BCUT2D eigenvalue weighted by atomic mass is 16.3. The van der Waals surface area contributed by atoms with E-state index in [1.54, 1.807) is 26.4 Å². The number of likely N-dealkylation sites (N-methyl/N-ethyl adjacent to an activating group) is 1. The predicted molar refractivity (Wildman–Crippen MR) is 155 cm³/mol. The van der Waals surface area contributed by atoms with E-state index in [1.807, 2.05) is 6.07 Å². The second-order valence-corrected chi connectivity index (χ2v) is 12.7. The van der Waals surface area contributed by atoms with E-state index in [1.165, 1.54) is 11.0 Å². The van der Waals surface area contributed by atoms with E-state index in [2.05, 4.69) is 18.7 Å². The molecule has 1 aromatic carbocycles. The smallest absolute Gasteiger partial charge is 0.255 e. The summed E-state index contributed by atoms with van der Waals surface area (Å²) in [7, 11) is 3.20. The molecule has 0 spiro atoms. The zero-order valence-electron chi connectivity index (χ0n) is 24.6. The molecule has 11 heteroatoms. The summed E-state index contributed by atoms with van der Waals surface area (Å²) in [6, 6.07) is 4.80. The van der Waals surface area contributed by atoms with Crippen LogP contribution in [0.15, 0.2) is 51.5 Å². The number of carbonyl (C=O) groups is 3. The number of hydrogen-bond acceptors (Lipinski definition) is 10. The number of amides is 1. The van der Waals surface area contributed by atoms with E-state index < -0.39 is 58.0 Å². The number of fused-ring (bicyclic) bond motifs is 3. The molecule has 0 saturated carbocycles. The number of likely N-dealkylation sites (tertiary alicyclic amines) is 1. The summed E-state index contributed by atoms with van der Waals surface area (Å²) < 4.78 is 5.99.